The third-order valence-electron chi connectivity index (χ3n) is 6.85. The molecule has 0 N–H and O–H groups in total. The standard InChI is InChI=1S/C20H22FNO2/c21-15-1-2-17-16(8-15)18(23)3-4-22(17)19(24)20-9-12-5-13(10-20)7-14(6-12)11-20/h1-2,8,12-14H,3-7,9-11H2. The van der Waals surface area contributed by atoms with Crippen LogP contribution in [-0.4, -0.2) is 18.2 Å². The Morgan fingerprint density at radius 3 is 2.33 bits per heavy atom. The van der Waals surface area contributed by atoms with E-state index in [9.17, 15) is 14.0 Å². The largest absolute Gasteiger partial charge is 0.311 e. The maximum absolute atomic E-state index is 13.6. The zero-order valence-electron chi connectivity index (χ0n) is 13.8. The minimum Gasteiger partial charge on any atom is -0.311 e. The summed E-state index contributed by atoms with van der Waals surface area (Å²) in [7, 11) is 0. The van der Waals surface area contributed by atoms with E-state index >= 15 is 0 Å². The van der Waals surface area contributed by atoms with Gasteiger partial charge in [-0.15, -0.1) is 0 Å². The van der Waals surface area contributed by atoms with E-state index in [1.54, 1.807) is 11.0 Å². The molecule has 1 heterocycles. The molecule has 1 amide bonds. The van der Waals surface area contributed by atoms with Crippen molar-refractivity contribution in [3.63, 3.8) is 0 Å². The highest BCUT2D eigenvalue weighted by atomic mass is 19.1. The van der Waals surface area contributed by atoms with Crippen molar-refractivity contribution in [1.82, 2.24) is 0 Å². The Morgan fingerprint density at radius 2 is 1.71 bits per heavy atom. The van der Waals surface area contributed by atoms with E-state index in [2.05, 4.69) is 0 Å². The third-order valence-corrected chi connectivity index (χ3v) is 6.85. The lowest BCUT2D eigenvalue weighted by molar-refractivity contribution is -0.143. The maximum Gasteiger partial charge on any atom is 0.233 e. The van der Waals surface area contributed by atoms with Crippen LogP contribution in [0.1, 0.15) is 55.3 Å². The molecule has 0 aromatic heterocycles. The van der Waals surface area contributed by atoms with Crippen molar-refractivity contribution < 1.29 is 14.0 Å². The molecule has 126 valence electrons. The van der Waals surface area contributed by atoms with E-state index < -0.39 is 5.82 Å². The van der Waals surface area contributed by atoms with Crippen molar-refractivity contribution in [1.29, 1.82) is 0 Å². The molecular formula is C20H22FNO2. The number of halogens is 1. The van der Waals surface area contributed by atoms with Gasteiger partial charge in [-0.25, -0.2) is 4.39 Å². The number of carbonyl (C=O) groups is 2. The molecule has 3 nitrogen and oxygen atoms in total. The van der Waals surface area contributed by atoms with Gasteiger partial charge in [-0.3, -0.25) is 9.59 Å². The SMILES string of the molecule is O=C1CCN(C(=O)C23CC4CC(CC(C4)C2)C3)c2ccc(F)cc21. The van der Waals surface area contributed by atoms with Gasteiger partial charge in [-0.05, 0) is 74.5 Å². The quantitative estimate of drug-likeness (QED) is 0.783. The predicted molar refractivity (Wildman–Crippen MR) is 88.3 cm³/mol. The van der Waals surface area contributed by atoms with Gasteiger partial charge in [0.1, 0.15) is 5.82 Å². The summed E-state index contributed by atoms with van der Waals surface area (Å²) in [4.78, 5) is 27.5. The Bertz CT molecular complexity index is 706. The maximum atomic E-state index is 13.6. The fourth-order valence-corrected chi connectivity index (χ4v) is 6.31. The van der Waals surface area contributed by atoms with Crippen LogP contribution in [0, 0.1) is 29.0 Å². The second-order valence-electron chi connectivity index (χ2n) is 8.49. The highest BCUT2D eigenvalue weighted by Crippen LogP contribution is 2.60. The highest BCUT2D eigenvalue weighted by Gasteiger charge is 2.56. The van der Waals surface area contributed by atoms with Crippen LogP contribution in [0.4, 0.5) is 10.1 Å². The molecule has 4 saturated carbocycles. The summed E-state index contributed by atoms with van der Waals surface area (Å²) in [5, 5.41) is 0. The first-order valence-corrected chi connectivity index (χ1v) is 9.19. The lowest BCUT2D eigenvalue weighted by Crippen LogP contribution is -2.55. The molecule has 4 heteroatoms. The van der Waals surface area contributed by atoms with E-state index in [-0.39, 0.29) is 17.1 Å². The summed E-state index contributed by atoms with van der Waals surface area (Å²) in [6.07, 6.45) is 7.23. The van der Waals surface area contributed by atoms with Crippen molar-refractivity contribution in [3.05, 3.63) is 29.6 Å². The number of ketones is 1. The van der Waals surface area contributed by atoms with E-state index in [0.717, 1.165) is 19.3 Å². The molecular weight excluding hydrogens is 305 g/mol. The Hall–Kier alpha value is -1.71. The fourth-order valence-electron chi connectivity index (χ4n) is 6.31. The molecule has 1 aromatic carbocycles. The van der Waals surface area contributed by atoms with Crippen molar-refractivity contribution in [2.24, 2.45) is 23.2 Å². The number of benzene rings is 1. The molecule has 1 aromatic rings. The Kier molecular flexibility index (Phi) is 2.98. The van der Waals surface area contributed by atoms with Gasteiger partial charge in [-0.1, -0.05) is 0 Å². The molecule has 5 aliphatic rings. The molecule has 0 radical (unpaired) electrons. The van der Waals surface area contributed by atoms with Gasteiger partial charge < -0.3 is 4.90 Å². The average molecular weight is 327 g/mol. The molecule has 6 rings (SSSR count). The van der Waals surface area contributed by atoms with Gasteiger partial charge in [0.05, 0.1) is 11.1 Å². The molecule has 4 fully saturated rings. The number of anilines is 1. The number of fused-ring (bicyclic) bond motifs is 1. The van der Waals surface area contributed by atoms with Crippen molar-refractivity contribution in [2.75, 3.05) is 11.4 Å². The second kappa shape index (κ2) is 4.90. The van der Waals surface area contributed by atoms with Crippen LogP contribution in [-0.2, 0) is 4.79 Å². The van der Waals surface area contributed by atoms with Gasteiger partial charge in [0.25, 0.3) is 0 Å². The van der Waals surface area contributed by atoms with Gasteiger partial charge in [0.2, 0.25) is 5.91 Å². The zero-order valence-corrected chi connectivity index (χ0v) is 13.8. The third kappa shape index (κ3) is 2.01. The van der Waals surface area contributed by atoms with Crippen molar-refractivity contribution in [2.45, 2.75) is 44.9 Å². The first-order valence-electron chi connectivity index (χ1n) is 9.19. The van der Waals surface area contributed by atoms with Gasteiger partial charge in [-0.2, -0.15) is 0 Å². The van der Waals surface area contributed by atoms with Gasteiger partial charge >= 0.3 is 0 Å². The van der Waals surface area contributed by atoms with E-state index in [0.29, 0.717) is 42.0 Å². The van der Waals surface area contributed by atoms with Gasteiger partial charge in [0.15, 0.2) is 5.78 Å². The van der Waals surface area contributed by atoms with Crippen LogP contribution in [0.15, 0.2) is 18.2 Å². The number of hydrogen-bond donors (Lipinski definition) is 0. The fraction of sp³-hybridized carbons (Fsp3) is 0.600. The molecule has 0 atom stereocenters. The Balaban J connectivity index is 1.52. The molecule has 4 bridgehead atoms. The van der Waals surface area contributed by atoms with Gasteiger partial charge in [0, 0.05) is 18.5 Å². The predicted octanol–water partition coefficient (Wildman–Crippen LogP) is 3.96. The number of hydrogen-bond acceptors (Lipinski definition) is 2. The van der Waals surface area contributed by atoms with Crippen LogP contribution in [0.5, 0.6) is 0 Å². The minimum atomic E-state index is -0.411. The lowest BCUT2D eigenvalue weighted by atomic mass is 9.49. The Labute approximate surface area is 141 Å². The first kappa shape index (κ1) is 14.6. The smallest absolute Gasteiger partial charge is 0.233 e. The zero-order chi connectivity index (χ0) is 16.5. The number of carbonyl (C=O) groups excluding carboxylic acids is 2. The normalized spacial score (nSPS) is 36.8. The van der Waals surface area contributed by atoms with E-state index in [4.69, 9.17) is 0 Å². The topological polar surface area (TPSA) is 37.4 Å². The van der Waals surface area contributed by atoms with Crippen molar-refractivity contribution in [3.8, 4) is 0 Å². The molecule has 1 aliphatic heterocycles. The minimum absolute atomic E-state index is 0.0564. The summed E-state index contributed by atoms with van der Waals surface area (Å²) in [5.74, 6) is 1.85. The van der Waals surface area contributed by atoms with E-state index in [1.807, 2.05) is 0 Å². The lowest BCUT2D eigenvalue weighted by Gasteiger charge is -2.56. The Morgan fingerprint density at radius 1 is 1.08 bits per heavy atom. The van der Waals surface area contributed by atoms with Crippen LogP contribution in [0.3, 0.4) is 0 Å². The first-order chi connectivity index (χ1) is 11.5. The summed E-state index contributed by atoms with van der Waals surface area (Å²) in [5.41, 5.74) is 0.772. The highest BCUT2D eigenvalue weighted by molar-refractivity contribution is 6.10. The van der Waals surface area contributed by atoms with Crippen LogP contribution >= 0.6 is 0 Å². The average Bonchev–Trinajstić information content (AvgIpc) is 2.54. The summed E-state index contributed by atoms with van der Waals surface area (Å²) in [6.45, 7) is 0.443. The van der Waals surface area contributed by atoms with Crippen LogP contribution in [0.2, 0.25) is 0 Å². The van der Waals surface area contributed by atoms with Crippen LogP contribution in [0.25, 0.3) is 0 Å². The number of amides is 1. The number of rotatable bonds is 1. The molecule has 24 heavy (non-hydrogen) atoms. The number of Topliss-reactive ketones (excluding diaryl/α,β-unsaturated/α-hetero) is 1. The van der Waals surface area contributed by atoms with Crippen LogP contribution < -0.4 is 4.90 Å². The monoisotopic (exact) mass is 327 g/mol. The van der Waals surface area contributed by atoms with Crippen molar-refractivity contribution >= 4 is 17.4 Å². The summed E-state index contributed by atoms with van der Waals surface area (Å²) in [6, 6.07) is 4.26. The molecule has 4 aliphatic carbocycles. The summed E-state index contributed by atoms with van der Waals surface area (Å²) >= 11 is 0. The molecule has 0 saturated heterocycles. The summed E-state index contributed by atoms with van der Waals surface area (Å²) < 4.78 is 13.6. The molecule has 0 spiro atoms. The molecule has 0 unspecified atom stereocenters. The second-order valence-corrected chi connectivity index (χ2v) is 8.49. The van der Waals surface area contributed by atoms with E-state index in [1.165, 1.54) is 31.4 Å². The number of nitrogens with zero attached hydrogens (tertiary/aromatic N) is 1.